The van der Waals surface area contributed by atoms with E-state index in [1.54, 1.807) is 40.1 Å². The van der Waals surface area contributed by atoms with Crippen LogP contribution in [0.1, 0.15) is 157 Å². The number of benzene rings is 2. The predicted molar refractivity (Wildman–Crippen MR) is 386 cm³/mol. The summed E-state index contributed by atoms with van der Waals surface area (Å²) in [6.07, 6.45) is 5.64. The molecule has 3 aliphatic heterocycles. The molecule has 22 nitrogen and oxygen atoms in total. The van der Waals surface area contributed by atoms with Crippen LogP contribution in [-0.2, 0) is 18.9 Å². The molecule has 4 atom stereocenters. The molecule has 28 heteroatoms. The Balaban J connectivity index is 0.000000187. The molecule has 6 aromatic heterocycles. The van der Waals surface area contributed by atoms with Crippen LogP contribution in [0.5, 0.6) is 0 Å². The largest absolute Gasteiger partial charge is 0.499 e. The molecule has 0 bridgehead atoms. The summed E-state index contributed by atoms with van der Waals surface area (Å²) in [7, 11) is -0.749. The fourth-order valence-corrected chi connectivity index (χ4v) is 13.4. The van der Waals surface area contributed by atoms with Gasteiger partial charge in [0.1, 0.15) is 41.1 Å². The van der Waals surface area contributed by atoms with Crippen molar-refractivity contribution in [3.63, 3.8) is 0 Å². The van der Waals surface area contributed by atoms with Gasteiger partial charge in [0.25, 0.3) is 0 Å². The lowest BCUT2D eigenvalue weighted by Crippen LogP contribution is -2.58. The minimum Gasteiger partial charge on any atom is -0.399 e. The zero-order chi connectivity index (χ0) is 72.1. The van der Waals surface area contributed by atoms with Crippen molar-refractivity contribution in [1.82, 2.24) is 58.8 Å². The van der Waals surface area contributed by atoms with Gasteiger partial charge in [0.2, 0.25) is 11.8 Å². The number of hydrogen-bond donors (Lipinski definition) is 2. The first-order valence-corrected chi connectivity index (χ1v) is 33.6. The summed E-state index contributed by atoms with van der Waals surface area (Å²) in [6, 6.07) is 11.6. The highest BCUT2D eigenvalue weighted by molar-refractivity contribution is 6.64. The summed E-state index contributed by atoms with van der Waals surface area (Å²) in [5.41, 5.74) is 15.1. The van der Waals surface area contributed by atoms with Crippen molar-refractivity contribution in [3.8, 4) is 22.6 Å². The normalized spacial score (nSPS) is 18.4. The lowest BCUT2D eigenvalue weighted by molar-refractivity contribution is -0.131. The van der Waals surface area contributed by atoms with E-state index in [-0.39, 0.29) is 103 Å². The molecule has 3 saturated heterocycles. The topological polar surface area (TPSA) is 265 Å². The van der Waals surface area contributed by atoms with E-state index in [2.05, 4.69) is 48.0 Å². The number of rotatable bonds is 12. The molecule has 0 saturated carbocycles. The number of carbonyl (C=O) groups is 2. The van der Waals surface area contributed by atoms with Crippen molar-refractivity contribution in [2.75, 3.05) is 47.4 Å². The highest BCUT2D eigenvalue weighted by Gasteiger charge is 2.53. The SMILES string of the molecule is C=CC(=O)N1[C@H](C)CN(c2nc(=O)n(-c3c(C(C)C)ncnc3C(C)C)c3nc(-c4c(N)cccc4F)c(Cl)cc23)C[C@@H]1C.C=CC(=O)N1[C@H](C)CN(c2nc(=O)n(-c3c(C(C)C)ncnc3C(C)C)c3nc(Cl)c(Cl)cc23)C[C@@H]1C.CC1(C)OB(c2c(N)cccc2F)OC1(C)C. The number of pyridine rings is 2. The third kappa shape index (κ3) is 14.2. The second kappa shape index (κ2) is 29.1. The van der Waals surface area contributed by atoms with Gasteiger partial charge >= 0.3 is 18.5 Å². The van der Waals surface area contributed by atoms with Crippen LogP contribution in [0.15, 0.2) is 96.1 Å². The number of amides is 2. The second-order valence-electron chi connectivity index (χ2n) is 27.2. The summed E-state index contributed by atoms with van der Waals surface area (Å²) in [5, 5.41) is 1.52. The molecule has 0 radical (unpaired) electrons. The molecular weight excluding hydrogens is 1320 g/mol. The maximum absolute atomic E-state index is 15.2. The minimum atomic E-state index is -0.749. The maximum Gasteiger partial charge on any atom is 0.499 e. The number of piperazine rings is 2. The van der Waals surface area contributed by atoms with Crippen molar-refractivity contribution in [3.05, 3.63) is 157 Å². The average Bonchev–Trinajstić information content (AvgIpc) is 0.978. The molecule has 11 rings (SSSR count). The molecule has 4 N–H and O–H groups in total. The van der Waals surface area contributed by atoms with Gasteiger partial charge in [-0.05, 0) is 128 Å². The monoisotopic (exact) mass is 1400 g/mol. The van der Waals surface area contributed by atoms with Gasteiger partial charge in [-0.1, -0.05) is 115 Å². The maximum atomic E-state index is 15.2. The Labute approximate surface area is 584 Å². The molecule has 9 heterocycles. The van der Waals surface area contributed by atoms with E-state index >= 15 is 4.39 Å². The number of nitrogens with two attached hydrogens (primary N) is 2. The molecule has 0 aliphatic carbocycles. The third-order valence-corrected chi connectivity index (χ3v) is 19.1. The molecule has 98 heavy (non-hydrogen) atoms. The average molecular weight is 1400 g/mol. The highest BCUT2D eigenvalue weighted by atomic mass is 35.5. The highest BCUT2D eigenvalue weighted by Crippen LogP contribution is 2.41. The number of hydrogen-bond acceptors (Lipinski definition) is 18. The number of aromatic nitrogens is 10. The standard InChI is InChI=1S/C32H36ClFN8O2.C26H31Cl2N7O2.C12H17BFNO2/c1-8-24(43)41-18(6)13-40(14-19(41)7)30-20-12-21(33)28(25-22(34)10-9-11-23(25)35)38-31(20)42(32(44)39-30)29-26(16(2)3)36-15-37-27(29)17(4)5;1-8-19(36)34-15(6)10-33(11-16(34)7)24-17-9-18(27)23(28)31-25(17)35(26(37)32-24)22-20(13(2)3)29-12-30-21(22)14(4)5;1-11(2)12(3,4)17-13(16-11)10-8(14)6-5-7-9(10)15/h8-12,15-19H,1,13-14,35H2,2-7H3;8-9,12-16H,1,10-11H2,2-7H3;5-7H,15H2,1-4H3/t18-,19+;15-,16+;. The molecule has 518 valence electrons. The predicted octanol–water partition coefficient (Wildman–Crippen LogP) is 11.9. The zero-order valence-electron chi connectivity index (χ0n) is 58.1. The van der Waals surface area contributed by atoms with Crippen LogP contribution < -0.4 is 38.1 Å². The van der Waals surface area contributed by atoms with E-state index in [4.69, 9.17) is 60.6 Å². The smallest absolute Gasteiger partial charge is 0.399 e. The molecule has 8 aromatic rings. The van der Waals surface area contributed by atoms with Crippen LogP contribution in [0.4, 0.5) is 31.8 Å². The first-order valence-electron chi connectivity index (χ1n) is 32.5. The minimum absolute atomic E-state index is 0.0112. The number of nitrogen functional groups attached to an aromatic ring is 2. The fraction of sp³-hybridized carbons (Fsp3) is 0.429. The number of fused-ring (bicyclic) bond motifs is 2. The molecule has 3 fully saturated rings. The van der Waals surface area contributed by atoms with Gasteiger partial charge in [0, 0.05) is 67.2 Å². The Hall–Kier alpha value is -8.49. The van der Waals surface area contributed by atoms with Crippen LogP contribution in [0, 0.1) is 11.6 Å². The zero-order valence-corrected chi connectivity index (χ0v) is 60.4. The summed E-state index contributed by atoms with van der Waals surface area (Å²) >= 11 is 19.6. The van der Waals surface area contributed by atoms with E-state index in [1.807, 2.05) is 121 Å². The van der Waals surface area contributed by atoms with Gasteiger partial charge in [0.15, 0.2) is 11.3 Å². The van der Waals surface area contributed by atoms with Gasteiger partial charge < -0.3 is 40.4 Å². The Morgan fingerprint density at radius 2 is 0.949 bits per heavy atom. The fourth-order valence-electron chi connectivity index (χ4n) is 12.8. The van der Waals surface area contributed by atoms with Crippen LogP contribution in [0.25, 0.3) is 44.7 Å². The third-order valence-electron chi connectivity index (χ3n) is 18.1. The van der Waals surface area contributed by atoms with E-state index < -0.39 is 41.3 Å². The van der Waals surface area contributed by atoms with Crippen molar-refractivity contribution in [2.45, 2.75) is 170 Å². The quantitative estimate of drug-likeness (QED) is 0.0498. The van der Waals surface area contributed by atoms with E-state index in [9.17, 15) is 23.6 Å². The second-order valence-corrected chi connectivity index (χ2v) is 28.3. The summed E-state index contributed by atoms with van der Waals surface area (Å²) in [4.78, 5) is 97.2. The Bertz CT molecular complexity index is 4420. The summed E-state index contributed by atoms with van der Waals surface area (Å²) < 4.78 is 43.4. The first-order chi connectivity index (χ1) is 46.0. The molecule has 2 amide bonds. The van der Waals surface area contributed by atoms with Gasteiger partial charge in [-0.15, -0.1) is 0 Å². The number of nitrogens with zero attached hydrogens (tertiary/aromatic N) is 14. The van der Waals surface area contributed by atoms with Gasteiger partial charge in [-0.25, -0.2) is 57.4 Å². The number of carbonyl (C=O) groups excluding carboxylic acids is 2. The Kier molecular flexibility index (Phi) is 21.9. The van der Waals surface area contributed by atoms with Crippen molar-refractivity contribution in [1.29, 1.82) is 0 Å². The number of halogens is 5. The number of anilines is 4. The molecule has 2 aromatic carbocycles. The Morgan fingerprint density at radius 3 is 1.32 bits per heavy atom. The molecular formula is C70H84BCl3F2N16O6. The van der Waals surface area contributed by atoms with E-state index in [1.165, 1.54) is 52.1 Å². The summed E-state index contributed by atoms with van der Waals surface area (Å²) in [6.45, 7) is 40.4. The molecule has 0 spiro atoms. The van der Waals surface area contributed by atoms with Gasteiger partial charge in [-0.3, -0.25) is 9.59 Å². The lowest BCUT2D eigenvalue weighted by Gasteiger charge is -2.44. The molecule has 3 aliphatic rings. The van der Waals surface area contributed by atoms with E-state index in [0.717, 1.165) is 0 Å². The van der Waals surface area contributed by atoms with Crippen molar-refractivity contribution in [2.24, 2.45) is 0 Å². The van der Waals surface area contributed by atoms with Gasteiger partial charge in [-0.2, -0.15) is 9.97 Å². The van der Waals surface area contributed by atoms with Gasteiger partial charge in [0.05, 0.1) is 77.4 Å². The molecule has 0 unspecified atom stereocenters. The van der Waals surface area contributed by atoms with Crippen LogP contribution >= 0.6 is 34.8 Å². The Morgan fingerprint density at radius 1 is 0.582 bits per heavy atom. The van der Waals surface area contributed by atoms with Crippen LogP contribution in [0.2, 0.25) is 15.2 Å². The van der Waals surface area contributed by atoms with E-state index in [0.29, 0.717) is 94.1 Å². The van der Waals surface area contributed by atoms with Crippen LogP contribution in [0.3, 0.4) is 0 Å². The summed E-state index contributed by atoms with van der Waals surface area (Å²) in [5.74, 6) is -0.601. The van der Waals surface area contributed by atoms with Crippen LogP contribution in [-0.4, -0.2) is 139 Å². The van der Waals surface area contributed by atoms with Crippen molar-refractivity contribution < 1.29 is 27.7 Å². The first kappa shape index (κ1) is 73.8. The van der Waals surface area contributed by atoms with Crippen molar-refractivity contribution >= 4 is 104 Å². The lowest BCUT2D eigenvalue weighted by atomic mass is 9.77.